The number of nitrogens with zero attached hydrogens (tertiary/aromatic N) is 4. The number of aromatic nitrogens is 3. The van der Waals surface area contributed by atoms with Gasteiger partial charge in [-0.15, -0.1) is 0 Å². The lowest BCUT2D eigenvalue weighted by Crippen LogP contribution is -2.47. The number of anilines is 2. The molecule has 1 atom stereocenters. The summed E-state index contributed by atoms with van der Waals surface area (Å²) in [6.45, 7) is 8.59. The molecular formula is C35H39FN6O4. The number of aryl methyl sites for hydroxylation is 1. The molecule has 4 aromatic rings. The zero-order valence-electron chi connectivity index (χ0n) is 26.6. The van der Waals surface area contributed by atoms with Crippen LogP contribution in [0.3, 0.4) is 0 Å². The number of piperidine rings is 1. The minimum absolute atomic E-state index is 0.0427. The van der Waals surface area contributed by atoms with E-state index in [2.05, 4.69) is 20.6 Å². The highest BCUT2D eigenvalue weighted by atomic mass is 19.1. The van der Waals surface area contributed by atoms with Gasteiger partial charge in [-0.2, -0.15) is 0 Å². The van der Waals surface area contributed by atoms with Crippen molar-refractivity contribution < 1.29 is 23.5 Å². The van der Waals surface area contributed by atoms with Crippen LogP contribution in [-0.4, -0.2) is 56.6 Å². The van der Waals surface area contributed by atoms with Crippen molar-refractivity contribution in [1.82, 2.24) is 19.9 Å². The van der Waals surface area contributed by atoms with Crippen molar-refractivity contribution in [2.45, 2.75) is 71.4 Å². The summed E-state index contributed by atoms with van der Waals surface area (Å²) < 4.78 is 27.1. The third-order valence-electron chi connectivity index (χ3n) is 8.33. The molecular weight excluding hydrogens is 587 g/mol. The Morgan fingerprint density at radius 1 is 0.978 bits per heavy atom. The number of nitrogens with one attached hydrogen (secondary N) is 2. The van der Waals surface area contributed by atoms with Crippen molar-refractivity contribution in [3.63, 3.8) is 0 Å². The van der Waals surface area contributed by atoms with Crippen molar-refractivity contribution in [2.75, 3.05) is 23.7 Å². The van der Waals surface area contributed by atoms with Crippen molar-refractivity contribution >= 4 is 34.4 Å². The molecule has 2 aromatic carbocycles. The summed E-state index contributed by atoms with van der Waals surface area (Å²) >= 11 is 0. The Kier molecular flexibility index (Phi) is 8.75. The Hall–Kier alpha value is -4.80. The van der Waals surface area contributed by atoms with Crippen LogP contribution >= 0.6 is 0 Å². The summed E-state index contributed by atoms with van der Waals surface area (Å²) in [6.07, 6.45) is 7.31. The van der Waals surface area contributed by atoms with Gasteiger partial charge in [-0.05, 0) is 89.3 Å². The van der Waals surface area contributed by atoms with Crippen LogP contribution < -0.4 is 15.4 Å². The molecule has 240 valence electrons. The Morgan fingerprint density at radius 3 is 2.54 bits per heavy atom. The number of benzene rings is 2. The fourth-order valence-corrected chi connectivity index (χ4v) is 5.73. The number of amides is 2. The van der Waals surface area contributed by atoms with Gasteiger partial charge in [0.1, 0.15) is 17.2 Å². The summed E-state index contributed by atoms with van der Waals surface area (Å²) in [7, 11) is 0. The predicted octanol–water partition coefficient (Wildman–Crippen LogP) is 7.48. The number of halogens is 1. The molecule has 2 amide bonds. The first-order valence-electron chi connectivity index (χ1n) is 15.8. The van der Waals surface area contributed by atoms with Gasteiger partial charge in [-0.1, -0.05) is 18.6 Å². The number of carbonyl (C=O) groups is 2. The van der Waals surface area contributed by atoms with Crippen LogP contribution in [0.5, 0.6) is 11.6 Å². The second-order valence-corrected chi connectivity index (χ2v) is 13.0. The molecule has 0 spiro atoms. The van der Waals surface area contributed by atoms with Crippen LogP contribution in [0.1, 0.15) is 58.4 Å². The van der Waals surface area contributed by atoms with Crippen LogP contribution in [0.2, 0.25) is 0 Å². The van der Waals surface area contributed by atoms with E-state index in [1.165, 1.54) is 6.07 Å². The van der Waals surface area contributed by atoms with E-state index in [0.717, 1.165) is 37.7 Å². The second-order valence-electron chi connectivity index (χ2n) is 13.0. The smallest absolute Gasteiger partial charge is 0.410 e. The van der Waals surface area contributed by atoms with Gasteiger partial charge >= 0.3 is 6.09 Å². The molecule has 46 heavy (non-hydrogen) atoms. The lowest BCUT2D eigenvalue weighted by molar-refractivity contribution is -0.122. The van der Waals surface area contributed by atoms with E-state index in [9.17, 15) is 9.59 Å². The van der Waals surface area contributed by atoms with Crippen molar-refractivity contribution in [3.8, 4) is 22.9 Å². The summed E-state index contributed by atoms with van der Waals surface area (Å²) in [6, 6.07) is 12.1. The fourth-order valence-electron chi connectivity index (χ4n) is 5.73. The van der Waals surface area contributed by atoms with E-state index < -0.39 is 11.4 Å². The second kappa shape index (κ2) is 12.9. The molecule has 2 N–H and O–H groups in total. The van der Waals surface area contributed by atoms with Gasteiger partial charge < -0.3 is 25.0 Å². The molecule has 1 aliphatic carbocycles. The Balaban J connectivity index is 1.24. The predicted molar refractivity (Wildman–Crippen MR) is 174 cm³/mol. The summed E-state index contributed by atoms with van der Waals surface area (Å²) in [5.41, 5.74) is 1.65. The van der Waals surface area contributed by atoms with Crippen LogP contribution in [0, 0.1) is 18.7 Å². The number of likely N-dealkylation sites (tertiary alicyclic amines) is 1. The van der Waals surface area contributed by atoms with Crippen LogP contribution in [0.15, 0.2) is 54.9 Å². The van der Waals surface area contributed by atoms with Gasteiger partial charge in [0.25, 0.3) is 0 Å². The molecule has 6 rings (SSSR count). The van der Waals surface area contributed by atoms with Gasteiger partial charge in [0.2, 0.25) is 17.7 Å². The molecule has 2 aliphatic rings. The molecule has 0 bridgehead atoms. The molecule has 1 saturated heterocycles. The maximum absolute atomic E-state index is 15.0. The minimum Gasteiger partial charge on any atom is -0.444 e. The van der Waals surface area contributed by atoms with Gasteiger partial charge in [0, 0.05) is 48.2 Å². The van der Waals surface area contributed by atoms with Crippen molar-refractivity contribution in [3.05, 3.63) is 66.2 Å². The summed E-state index contributed by atoms with van der Waals surface area (Å²) in [5.74, 6) is 0.510. The number of ether oxygens (including phenoxy) is 2. The van der Waals surface area contributed by atoms with Crippen molar-refractivity contribution in [1.29, 1.82) is 0 Å². The number of pyridine rings is 1. The molecule has 11 heteroatoms. The number of fused-ring (bicyclic) bond motifs is 1. The maximum atomic E-state index is 15.0. The summed E-state index contributed by atoms with van der Waals surface area (Å²) in [4.78, 5) is 40.8. The topological polar surface area (TPSA) is 119 Å². The first-order valence-corrected chi connectivity index (χ1v) is 15.8. The third-order valence-corrected chi connectivity index (χ3v) is 8.33. The van der Waals surface area contributed by atoms with E-state index in [-0.39, 0.29) is 29.6 Å². The maximum Gasteiger partial charge on any atom is 0.410 e. The molecule has 2 fully saturated rings. The molecule has 0 unspecified atom stereocenters. The Morgan fingerprint density at radius 2 is 1.78 bits per heavy atom. The van der Waals surface area contributed by atoms with E-state index in [1.807, 2.05) is 39.8 Å². The largest absolute Gasteiger partial charge is 0.444 e. The highest BCUT2D eigenvalue weighted by molar-refractivity contribution is 6.05. The zero-order valence-corrected chi connectivity index (χ0v) is 26.6. The first-order chi connectivity index (χ1) is 22.1. The van der Waals surface area contributed by atoms with Crippen LogP contribution in [0.4, 0.5) is 20.8 Å². The molecule has 10 nitrogen and oxygen atoms in total. The van der Waals surface area contributed by atoms with Crippen molar-refractivity contribution in [2.24, 2.45) is 5.92 Å². The average molecular weight is 627 g/mol. The first kappa shape index (κ1) is 31.2. The SMILES string of the molecule is Cc1ccc2c(NC(=O)C3CCC3)c(F)ccc2c1Oc1ncccc1-c1ccnc(N[C@H]2CCCN(C(=O)OC(C)(C)C)C2)n1. The lowest BCUT2D eigenvalue weighted by atomic mass is 9.84. The molecule has 3 heterocycles. The van der Waals surface area contributed by atoms with E-state index in [1.54, 1.807) is 41.6 Å². The fraction of sp³-hybridized carbons (Fsp3) is 0.400. The third kappa shape index (κ3) is 6.88. The number of carbonyl (C=O) groups excluding carboxylic acids is 2. The van der Waals surface area contributed by atoms with E-state index in [4.69, 9.17) is 14.5 Å². The number of hydrogen-bond donors (Lipinski definition) is 2. The molecule has 2 aromatic heterocycles. The standard InChI is InChI=1S/C35H39FN6O4/c1-21-12-13-24-25(14-15-27(36)29(24)41-31(43)22-8-5-9-22)30(21)45-32-26(11-6-17-37-32)28-16-18-38-33(40-28)39-23-10-7-19-42(20-23)34(44)46-35(2,3)4/h6,11-18,22-23H,5,7-10,19-20H2,1-4H3,(H,41,43)(H,38,39,40)/t23-/m0/s1. The van der Waals surface area contributed by atoms with E-state index >= 15 is 4.39 Å². The van der Waals surface area contributed by atoms with Gasteiger partial charge in [0.05, 0.1) is 16.9 Å². The monoisotopic (exact) mass is 626 g/mol. The lowest BCUT2D eigenvalue weighted by Gasteiger charge is -2.34. The van der Waals surface area contributed by atoms with Crippen LogP contribution in [-0.2, 0) is 9.53 Å². The number of rotatable bonds is 7. The molecule has 1 aliphatic heterocycles. The van der Waals surface area contributed by atoms with E-state index in [0.29, 0.717) is 52.7 Å². The van der Waals surface area contributed by atoms with Crippen LogP contribution in [0.25, 0.3) is 22.0 Å². The van der Waals surface area contributed by atoms with Gasteiger partial charge in [-0.3, -0.25) is 4.79 Å². The molecule has 1 saturated carbocycles. The minimum atomic E-state index is -0.563. The average Bonchev–Trinajstić information content (AvgIpc) is 2.99. The Labute approximate surface area is 267 Å². The normalized spacial score (nSPS) is 16.9. The Bertz CT molecular complexity index is 1770. The quantitative estimate of drug-likeness (QED) is 0.217. The highest BCUT2D eigenvalue weighted by Crippen LogP contribution is 2.40. The zero-order chi connectivity index (χ0) is 32.4. The summed E-state index contributed by atoms with van der Waals surface area (Å²) in [5, 5.41) is 7.41. The van der Waals surface area contributed by atoms with Gasteiger partial charge in [0.15, 0.2) is 0 Å². The highest BCUT2D eigenvalue weighted by Gasteiger charge is 2.29. The van der Waals surface area contributed by atoms with Gasteiger partial charge in [-0.25, -0.2) is 24.1 Å². The number of hydrogen-bond acceptors (Lipinski definition) is 8. The molecule has 0 radical (unpaired) electrons.